The second-order valence-corrected chi connectivity index (χ2v) is 8.51. The van der Waals surface area contributed by atoms with Crippen molar-refractivity contribution in [3.05, 3.63) is 95.1 Å². The number of allylic oxidation sites excluding steroid dienone is 5. The van der Waals surface area contributed by atoms with Gasteiger partial charge >= 0.3 is 0 Å². The average Bonchev–Trinajstić information content (AvgIpc) is 2.81. The highest BCUT2D eigenvalue weighted by atomic mass is 16.5. The molecule has 4 heteroatoms. The van der Waals surface area contributed by atoms with Crippen LogP contribution in [0.4, 0.5) is 0 Å². The van der Waals surface area contributed by atoms with E-state index in [1.165, 1.54) is 28.1 Å². The zero-order chi connectivity index (χ0) is 21.2. The van der Waals surface area contributed by atoms with Gasteiger partial charge in [0.1, 0.15) is 0 Å². The minimum absolute atomic E-state index is 0.825. The maximum atomic E-state index is 5.54. The van der Waals surface area contributed by atoms with Crippen molar-refractivity contribution >= 4 is 5.57 Å². The molecule has 31 heavy (non-hydrogen) atoms. The van der Waals surface area contributed by atoms with E-state index in [0.717, 1.165) is 56.1 Å². The summed E-state index contributed by atoms with van der Waals surface area (Å²) in [4.78, 5) is 9.63. The van der Waals surface area contributed by atoms with E-state index >= 15 is 0 Å². The van der Waals surface area contributed by atoms with Crippen molar-refractivity contribution in [3.8, 4) is 11.3 Å². The van der Waals surface area contributed by atoms with Crippen molar-refractivity contribution in [1.82, 2.24) is 14.8 Å². The second-order valence-electron chi connectivity index (χ2n) is 8.51. The first-order chi connectivity index (χ1) is 15.2. The first-order valence-electron chi connectivity index (χ1n) is 11.1. The molecule has 3 aliphatic rings. The van der Waals surface area contributed by atoms with E-state index in [-0.39, 0.29) is 0 Å². The fourth-order valence-corrected chi connectivity index (χ4v) is 4.51. The highest BCUT2D eigenvalue weighted by molar-refractivity contribution is 5.85. The number of aryl methyl sites for hydroxylation is 1. The van der Waals surface area contributed by atoms with Gasteiger partial charge in [-0.3, -0.25) is 9.88 Å². The number of morpholine rings is 1. The SMILES string of the molecule is CC1=C2C=CC(c3cccnc3-c3cccc(C)c3)=CN2C(CN2CCOCC2)=CC1. The quantitative estimate of drug-likeness (QED) is 0.695. The van der Waals surface area contributed by atoms with Crippen LogP contribution >= 0.6 is 0 Å². The Morgan fingerprint density at radius 2 is 1.90 bits per heavy atom. The predicted molar refractivity (Wildman–Crippen MR) is 126 cm³/mol. The predicted octanol–water partition coefficient (Wildman–Crippen LogP) is 5.16. The molecule has 0 N–H and O–H groups in total. The monoisotopic (exact) mass is 411 g/mol. The van der Waals surface area contributed by atoms with Gasteiger partial charge in [0, 0.05) is 60.1 Å². The molecule has 0 aliphatic carbocycles. The molecule has 4 heterocycles. The van der Waals surface area contributed by atoms with Crippen LogP contribution in [0.5, 0.6) is 0 Å². The summed E-state index contributed by atoms with van der Waals surface area (Å²) >= 11 is 0. The number of benzene rings is 1. The van der Waals surface area contributed by atoms with Crippen LogP contribution in [0.2, 0.25) is 0 Å². The van der Waals surface area contributed by atoms with Crippen molar-refractivity contribution in [1.29, 1.82) is 0 Å². The minimum Gasteiger partial charge on any atom is -0.379 e. The van der Waals surface area contributed by atoms with Gasteiger partial charge in [-0.15, -0.1) is 0 Å². The van der Waals surface area contributed by atoms with Crippen LogP contribution in [-0.2, 0) is 4.74 Å². The van der Waals surface area contributed by atoms with Crippen LogP contribution in [0.25, 0.3) is 16.8 Å². The number of aromatic nitrogens is 1. The molecule has 0 spiro atoms. The van der Waals surface area contributed by atoms with E-state index in [1.54, 1.807) is 0 Å². The number of hydrogen-bond acceptors (Lipinski definition) is 4. The Kier molecular flexibility index (Phi) is 5.58. The average molecular weight is 412 g/mol. The Hall–Kier alpha value is -2.95. The maximum absolute atomic E-state index is 5.54. The smallest absolute Gasteiger partial charge is 0.0780 e. The molecular formula is C27H29N3O. The molecular weight excluding hydrogens is 382 g/mol. The van der Waals surface area contributed by atoms with Crippen LogP contribution in [0.1, 0.15) is 24.5 Å². The van der Waals surface area contributed by atoms with Crippen molar-refractivity contribution in [2.45, 2.75) is 20.3 Å². The molecule has 0 atom stereocenters. The Bertz CT molecular complexity index is 1100. The third-order valence-corrected chi connectivity index (χ3v) is 6.24. The molecule has 0 bridgehead atoms. The van der Waals surface area contributed by atoms with Gasteiger partial charge in [-0.1, -0.05) is 42.0 Å². The number of fused-ring (bicyclic) bond motifs is 1. The summed E-state index contributed by atoms with van der Waals surface area (Å²) in [6.45, 7) is 8.95. The Morgan fingerprint density at radius 3 is 2.74 bits per heavy atom. The zero-order valence-corrected chi connectivity index (χ0v) is 18.3. The zero-order valence-electron chi connectivity index (χ0n) is 18.3. The summed E-state index contributed by atoms with van der Waals surface area (Å²) in [5, 5.41) is 0. The van der Waals surface area contributed by atoms with Gasteiger partial charge < -0.3 is 9.64 Å². The third kappa shape index (κ3) is 4.14. The van der Waals surface area contributed by atoms with Crippen LogP contribution < -0.4 is 0 Å². The van der Waals surface area contributed by atoms with E-state index < -0.39 is 0 Å². The van der Waals surface area contributed by atoms with E-state index in [0.29, 0.717) is 0 Å². The highest BCUT2D eigenvalue weighted by Crippen LogP contribution is 2.36. The molecule has 5 rings (SSSR count). The lowest BCUT2D eigenvalue weighted by Gasteiger charge is -2.36. The highest BCUT2D eigenvalue weighted by Gasteiger charge is 2.24. The molecule has 1 saturated heterocycles. The second kappa shape index (κ2) is 8.66. The maximum Gasteiger partial charge on any atom is 0.0780 e. The first kappa shape index (κ1) is 20.0. The van der Waals surface area contributed by atoms with E-state index in [4.69, 9.17) is 9.72 Å². The number of hydrogen-bond donors (Lipinski definition) is 0. The molecule has 0 radical (unpaired) electrons. The summed E-state index contributed by atoms with van der Waals surface area (Å²) in [6.07, 6.45) is 12.1. The minimum atomic E-state index is 0.825. The third-order valence-electron chi connectivity index (χ3n) is 6.24. The van der Waals surface area contributed by atoms with Crippen LogP contribution in [0.15, 0.2) is 84.0 Å². The Morgan fingerprint density at radius 1 is 1.03 bits per heavy atom. The lowest BCUT2D eigenvalue weighted by molar-refractivity contribution is 0.0403. The largest absolute Gasteiger partial charge is 0.379 e. The van der Waals surface area contributed by atoms with E-state index in [2.05, 4.69) is 78.4 Å². The molecule has 0 saturated carbocycles. The van der Waals surface area contributed by atoms with Gasteiger partial charge in [-0.05, 0) is 44.1 Å². The molecule has 3 aliphatic heterocycles. The lowest BCUT2D eigenvalue weighted by Crippen LogP contribution is -2.40. The standard InChI is InChI=1S/C27H29N3O/c1-20-5-3-6-22(17-20)27-25(7-4-12-28-27)23-9-11-26-21(2)8-10-24(30(26)18-23)19-29-13-15-31-16-14-29/h3-7,9-12,17-18H,8,13-16,19H2,1-2H3. The fraction of sp³-hybridized carbons (Fsp3) is 0.296. The van der Waals surface area contributed by atoms with Crippen molar-refractivity contribution < 1.29 is 4.74 Å². The first-order valence-corrected chi connectivity index (χ1v) is 11.1. The Labute approximate surface area is 184 Å². The molecule has 1 aromatic carbocycles. The van der Waals surface area contributed by atoms with Gasteiger partial charge in [0.2, 0.25) is 0 Å². The number of rotatable bonds is 4. The van der Waals surface area contributed by atoms with E-state index in [1.807, 2.05) is 12.3 Å². The molecule has 1 aromatic heterocycles. The van der Waals surface area contributed by atoms with Crippen molar-refractivity contribution in [2.75, 3.05) is 32.8 Å². The molecule has 0 amide bonds. The molecule has 158 valence electrons. The van der Waals surface area contributed by atoms with Gasteiger partial charge in [-0.2, -0.15) is 0 Å². The molecule has 0 unspecified atom stereocenters. The summed E-state index contributed by atoms with van der Waals surface area (Å²) in [7, 11) is 0. The number of nitrogens with zero attached hydrogens (tertiary/aromatic N) is 3. The fourth-order valence-electron chi connectivity index (χ4n) is 4.51. The van der Waals surface area contributed by atoms with Gasteiger partial charge in [0.05, 0.1) is 18.9 Å². The van der Waals surface area contributed by atoms with Crippen LogP contribution in [-0.4, -0.2) is 47.6 Å². The molecule has 1 fully saturated rings. The van der Waals surface area contributed by atoms with Crippen molar-refractivity contribution in [2.24, 2.45) is 0 Å². The van der Waals surface area contributed by atoms with Gasteiger partial charge in [-0.25, -0.2) is 0 Å². The van der Waals surface area contributed by atoms with Crippen LogP contribution in [0.3, 0.4) is 0 Å². The van der Waals surface area contributed by atoms with Gasteiger partial charge in [0.25, 0.3) is 0 Å². The normalized spacial score (nSPS) is 19.2. The Balaban J connectivity index is 1.50. The number of ether oxygens (including phenoxy) is 1. The number of pyridine rings is 1. The van der Waals surface area contributed by atoms with Crippen molar-refractivity contribution in [3.63, 3.8) is 0 Å². The van der Waals surface area contributed by atoms with Gasteiger partial charge in [0.15, 0.2) is 0 Å². The summed E-state index contributed by atoms with van der Waals surface area (Å²) < 4.78 is 5.54. The molecule has 4 nitrogen and oxygen atoms in total. The summed E-state index contributed by atoms with van der Waals surface area (Å²) in [5.41, 5.74) is 9.85. The topological polar surface area (TPSA) is 28.6 Å². The molecule has 2 aromatic rings. The lowest BCUT2D eigenvalue weighted by atomic mass is 9.95. The van der Waals surface area contributed by atoms with E-state index in [9.17, 15) is 0 Å². The summed E-state index contributed by atoms with van der Waals surface area (Å²) in [5.74, 6) is 0. The van der Waals surface area contributed by atoms with Crippen LogP contribution in [0, 0.1) is 6.92 Å². The summed E-state index contributed by atoms with van der Waals surface area (Å²) in [6, 6.07) is 12.8.